The molecule has 2 heterocycles. The summed E-state index contributed by atoms with van der Waals surface area (Å²) < 4.78 is 42.4. The van der Waals surface area contributed by atoms with Gasteiger partial charge < -0.3 is 0 Å². The first-order valence-corrected chi connectivity index (χ1v) is 8.52. The lowest BCUT2D eigenvalue weighted by molar-refractivity contribution is -0.00732. The summed E-state index contributed by atoms with van der Waals surface area (Å²) in [4.78, 5) is 16.7. The highest BCUT2D eigenvalue weighted by Gasteiger charge is 2.65. The molecule has 0 spiro atoms. The summed E-state index contributed by atoms with van der Waals surface area (Å²) >= 11 is 0. The van der Waals surface area contributed by atoms with Gasteiger partial charge in [-0.05, 0) is 17.4 Å². The lowest BCUT2D eigenvalue weighted by atomic mass is 10.0. The lowest BCUT2D eigenvalue weighted by Crippen LogP contribution is -2.18. The van der Waals surface area contributed by atoms with Gasteiger partial charge in [0.05, 0.1) is 6.04 Å². The van der Waals surface area contributed by atoms with Crippen LogP contribution in [0.3, 0.4) is 0 Å². The van der Waals surface area contributed by atoms with Crippen LogP contribution in [0.4, 0.5) is 13.2 Å². The van der Waals surface area contributed by atoms with Crippen LogP contribution in [-0.2, 0) is 0 Å². The molecule has 3 aliphatic rings. The lowest BCUT2D eigenvalue weighted by Gasteiger charge is -2.12. The first-order chi connectivity index (χ1) is 11.9. The highest BCUT2D eigenvalue weighted by molar-refractivity contribution is 5.97. The highest BCUT2D eigenvalue weighted by atomic mass is 19.3. The van der Waals surface area contributed by atoms with E-state index >= 15 is 0 Å². The largest absolute Gasteiger partial charge is 0.290 e. The fraction of sp³-hybridized carbons (Fsp3) is 0.500. The van der Waals surface area contributed by atoms with Gasteiger partial charge in [-0.25, -0.2) is 22.8 Å². The molecule has 4 nitrogen and oxygen atoms in total. The second-order valence-electron chi connectivity index (χ2n) is 7.35. The van der Waals surface area contributed by atoms with Crippen LogP contribution in [0.5, 0.6) is 0 Å². The Hall–Kier alpha value is -2.18. The standard InChI is InChI=1S/C18H16F3N3O/c19-12-6-13(9-4-2-1-3-5-9)24-17(12)22-16(23-24)15(25)14-10-7-18(20,21)8-11(10)14/h1-5,10-14H,6-8H2. The molecule has 25 heavy (non-hydrogen) atoms. The Labute approximate surface area is 142 Å². The molecular weight excluding hydrogens is 331 g/mol. The van der Waals surface area contributed by atoms with Crippen LogP contribution in [0.2, 0.25) is 0 Å². The Morgan fingerprint density at radius 2 is 1.84 bits per heavy atom. The molecule has 4 unspecified atom stereocenters. The third-order valence-corrected chi connectivity index (χ3v) is 5.77. The molecule has 2 fully saturated rings. The number of nitrogens with zero attached hydrogens (tertiary/aromatic N) is 3. The predicted molar refractivity (Wildman–Crippen MR) is 82.1 cm³/mol. The average Bonchev–Trinajstić information content (AvgIpc) is 2.94. The average molecular weight is 347 g/mol. The van der Waals surface area contributed by atoms with E-state index in [0.717, 1.165) is 5.56 Å². The molecule has 0 saturated heterocycles. The number of alkyl halides is 3. The van der Waals surface area contributed by atoms with E-state index in [-0.39, 0.29) is 54.6 Å². The molecule has 7 heteroatoms. The van der Waals surface area contributed by atoms with E-state index in [2.05, 4.69) is 10.1 Å². The molecule has 0 bridgehead atoms. The number of aromatic nitrogens is 3. The van der Waals surface area contributed by atoms with Gasteiger partial charge in [-0.3, -0.25) is 4.79 Å². The summed E-state index contributed by atoms with van der Waals surface area (Å²) in [5.74, 6) is -3.80. The molecular formula is C18H16F3N3O. The molecule has 2 aliphatic carbocycles. The van der Waals surface area contributed by atoms with Crippen LogP contribution in [-0.4, -0.2) is 26.5 Å². The molecule has 130 valence electrons. The second-order valence-corrected chi connectivity index (χ2v) is 7.35. The van der Waals surface area contributed by atoms with Crippen molar-refractivity contribution in [2.24, 2.45) is 17.8 Å². The van der Waals surface area contributed by atoms with Crippen molar-refractivity contribution in [3.63, 3.8) is 0 Å². The molecule has 0 radical (unpaired) electrons. The van der Waals surface area contributed by atoms with E-state index in [0.29, 0.717) is 0 Å². The van der Waals surface area contributed by atoms with Crippen molar-refractivity contribution in [3.8, 4) is 0 Å². The zero-order valence-corrected chi connectivity index (χ0v) is 13.3. The number of Topliss-reactive ketones (excluding diaryl/α,β-unsaturated/α-hetero) is 1. The summed E-state index contributed by atoms with van der Waals surface area (Å²) in [6.45, 7) is 0. The number of ketones is 1. The van der Waals surface area contributed by atoms with Gasteiger partial charge >= 0.3 is 0 Å². The van der Waals surface area contributed by atoms with Gasteiger partial charge in [0, 0.05) is 25.2 Å². The number of carbonyl (C=O) groups is 1. The van der Waals surface area contributed by atoms with E-state index < -0.39 is 18.0 Å². The zero-order chi connectivity index (χ0) is 17.3. The molecule has 1 aromatic heterocycles. The highest BCUT2D eigenvalue weighted by Crippen LogP contribution is 2.63. The number of hydrogen-bond donors (Lipinski definition) is 0. The van der Waals surface area contributed by atoms with E-state index in [4.69, 9.17) is 0 Å². The van der Waals surface area contributed by atoms with Crippen LogP contribution in [0.25, 0.3) is 0 Å². The van der Waals surface area contributed by atoms with E-state index in [1.165, 1.54) is 4.68 Å². The van der Waals surface area contributed by atoms with Gasteiger partial charge in [-0.15, -0.1) is 5.10 Å². The number of fused-ring (bicyclic) bond motifs is 2. The summed E-state index contributed by atoms with van der Waals surface area (Å²) in [5.41, 5.74) is 0.913. The molecule has 1 aromatic carbocycles. The Kier molecular flexibility index (Phi) is 2.98. The van der Waals surface area contributed by atoms with Crippen molar-refractivity contribution >= 4 is 5.78 Å². The van der Waals surface area contributed by atoms with Crippen LogP contribution >= 0.6 is 0 Å². The third-order valence-electron chi connectivity index (χ3n) is 5.77. The fourth-order valence-electron chi connectivity index (χ4n) is 4.55. The quantitative estimate of drug-likeness (QED) is 0.795. The number of carbonyl (C=O) groups excluding carboxylic acids is 1. The first kappa shape index (κ1) is 15.1. The minimum atomic E-state index is -2.65. The second kappa shape index (κ2) is 4.93. The molecule has 2 saturated carbocycles. The van der Waals surface area contributed by atoms with Crippen LogP contribution in [0, 0.1) is 17.8 Å². The molecule has 1 aliphatic heterocycles. The summed E-state index contributed by atoms with van der Waals surface area (Å²) in [6.07, 6.45) is -1.50. The van der Waals surface area contributed by atoms with Crippen molar-refractivity contribution in [1.29, 1.82) is 0 Å². The van der Waals surface area contributed by atoms with E-state index in [9.17, 15) is 18.0 Å². The van der Waals surface area contributed by atoms with Crippen LogP contribution < -0.4 is 0 Å². The van der Waals surface area contributed by atoms with Gasteiger partial charge in [0.2, 0.25) is 17.5 Å². The van der Waals surface area contributed by atoms with Crippen molar-refractivity contribution in [2.45, 2.75) is 37.4 Å². The number of rotatable bonds is 3. The molecule has 0 amide bonds. The summed E-state index contributed by atoms with van der Waals surface area (Å²) in [5, 5.41) is 4.25. The van der Waals surface area contributed by atoms with Gasteiger partial charge in [0.1, 0.15) is 0 Å². The van der Waals surface area contributed by atoms with Crippen LogP contribution in [0.15, 0.2) is 30.3 Å². The number of benzene rings is 1. The summed E-state index contributed by atoms with van der Waals surface area (Å²) in [7, 11) is 0. The Balaban J connectivity index is 1.41. The number of hydrogen-bond acceptors (Lipinski definition) is 3. The molecule has 4 atom stereocenters. The minimum Gasteiger partial charge on any atom is -0.290 e. The maximum atomic E-state index is 14.3. The Bertz CT molecular complexity index is 837. The molecule has 2 aromatic rings. The maximum absolute atomic E-state index is 14.3. The Morgan fingerprint density at radius 3 is 2.52 bits per heavy atom. The van der Waals surface area contributed by atoms with Crippen molar-refractivity contribution in [3.05, 3.63) is 47.5 Å². The first-order valence-electron chi connectivity index (χ1n) is 8.52. The predicted octanol–water partition coefficient (Wildman–Crippen LogP) is 3.76. The minimum absolute atomic E-state index is 0.0269. The van der Waals surface area contributed by atoms with Crippen LogP contribution in [0.1, 0.15) is 53.5 Å². The normalized spacial score (nSPS) is 34.6. The van der Waals surface area contributed by atoms with E-state index in [1.54, 1.807) is 0 Å². The third kappa shape index (κ3) is 2.24. The van der Waals surface area contributed by atoms with Crippen molar-refractivity contribution < 1.29 is 18.0 Å². The van der Waals surface area contributed by atoms with Gasteiger partial charge in [0.25, 0.3) is 0 Å². The Morgan fingerprint density at radius 1 is 1.16 bits per heavy atom. The van der Waals surface area contributed by atoms with Gasteiger partial charge in [-0.2, -0.15) is 0 Å². The maximum Gasteiger partial charge on any atom is 0.248 e. The molecule has 5 rings (SSSR count). The zero-order valence-electron chi connectivity index (χ0n) is 13.3. The van der Waals surface area contributed by atoms with E-state index in [1.807, 2.05) is 30.3 Å². The topological polar surface area (TPSA) is 47.8 Å². The van der Waals surface area contributed by atoms with Gasteiger partial charge in [0.15, 0.2) is 12.0 Å². The van der Waals surface area contributed by atoms with Crippen molar-refractivity contribution in [2.75, 3.05) is 0 Å². The van der Waals surface area contributed by atoms with Gasteiger partial charge in [-0.1, -0.05) is 30.3 Å². The SMILES string of the molecule is O=C(c1nc2n(n1)C(c1ccccc1)CC2F)C1C2CC(F)(F)CC21. The monoisotopic (exact) mass is 347 g/mol. The van der Waals surface area contributed by atoms with Crippen molar-refractivity contribution in [1.82, 2.24) is 14.8 Å². The number of halogens is 3. The molecule has 0 N–H and O–H groups in total. The fourth-order valence-corrected chi connectivity index (χ4v) is 4.55. The summed E-state index contributed by atoms with van der Waals surface area (Å²) in [6, 6.07) is 9.11. The smallest absolute Gasteiger partial charge is 0.248 e.